The van der Waals surface area contributed by atoms with Crippen LogP contribution in [0.25, 0.3) is 0 Å². The minimum Gasteiger partial charge on any atom is -0.351 e. The van der Waals surface area contributed by atoms with Crippen LogP contribution in [-0.4, -0.2) is 35.1 Å². The van der Waals surface area contributed by atoms with Crippen LogP contribution in [0.5, 0.6) is 0 Å². The van der Waals surface area contributed by atoms with Crippen LogP contribution in [-0.2, 0) is 6.42 Å². The van der Waals surface area contributed by atoms with Crippen LogP contribution in [0.2, 0.25) is 0 Å². The molecule has 6 heteroatoms. The Morgan fingerprint density at radius 3 is 3.00 bits per heavy atom. The fraction of sp³-hybridized carbons (Fsp3) is 0.750. The van der Waals surface area contributed by atoms with Crippen molar-refractivity contribution in [2.24, 2.45) is 5.92 Å². The Morgan fingerprint density at radius 1 is 1.50 bits per heavy atom. The summed E-state index contributed by atoms with van der Waals surface area (Å²) >= 11 is 1.20. The van der Waals surface area contributed by atoms with Gasteiger partial charge in [0.1, 0.15) is 4.88 Å². The highest BCUT2D eigenvalue weighted by atomic mass is 32.1. The summed E-state index contributed by atoms with van der Waals surface area (Å²) in [5.41, 5.74) is 0.838. The van der Waals surface area contributed by atoms with E-state index in [1.54, 1.807) is 0 Å². The fourth-order valence-electron chi connectivity index (χ4n) is 2.18. The maximum Gasteiger partial charge on any atom is 0.264 e. The van der Waals surface area contributed by atoms with Crippen molar-refractivity contribution in [3.8, 4) is 0 Å². The fourth-order valence-corrected chi connectivity index (χ4v) is 2.81. The van der Waals surface area contributed by atoms with Gasteiger partial charge in [-0.05, 0) is 49.8 Å². The molecule has 18 heavy (non-hydrogen) atoms. The summed E-state index contributed by atoms with van der Waals surface area (Å²) in [4.78, 5) is 12.7. The number of nitrogens with zero attached hydrogens (tertiary/aromatic N) is 2. The zero-order valence-corrected chi connectivity index (χ0v) is 11.6. The first kappa shape index (κ1) is 13.4. The van der Waals surface area contributed by atoms with E-state index in [4.69, 9.17) is 0 Å². The van der Waals surface area contributed by atoms with Crippen LogP contribution in [0.4, 0.5) is 0 Å². The predicted octanol–water partition coefficient (Wildman–Crippen LogP) is 1.22. The molecular weight excluding hydrogens is 248 g/mol. The Bertz CT molecular complexity index is 387. The van der Waals surface area contributed by atoms with E-state index in [0.29, 0.717) is 10.8 Å². The molecule has 0 spiro atoms. The SMILES string of the molecule is CCCc1nnsc1C(=O)NCC1CCNCC1. The lowest BCUT2D eigenvalue weighted by atomic mass is 9.98. The van der Waals surface area contributed by atoms with Crippen LogP contribution in [0.3, 0.4) is 0 Å². The third kappa shape index (κ3) is 3.49. The quantitative estimate of drug-likeness (QED) is 0.842. The molecule has 1 aliphatic rings. The number of carbonyl (C=O) groups excluding carboxylic acids is 1. The Hall–Kier alpha value is -1.01. The van der Waals surface area contributed by atoms with E-state index in [-0.39, 0.29) is 5.91 Å². The molecule has 1 aromatic heterocycles. The molecule has 1 fully saturated rings. The number of piperidine rings is 1. The molecule has 2 heterocycles. The minimum absolute atomic E-state index is 0.00742. The lowest BCUT2D eigenvalue weighted by Crippen LogP contribution is -2.36. The summed E-state index contributed by atoms with van der Waals surface area (Å²) in [6, 6.07) is 0. The van der Waals surface area contributed by atoms with Crippen molar-refractivity contribution in [2.45, 2.75) is 32.6 Å². The Balaban J connectivity index is 1.84. The van der Waals surface area contributed by atoms with E-state index in [0.717, 1.165) is 51.0 Å². The van der Waals surface area contributed by atoms with Crippen molar-refractivity contribution in [3.63, 3.8) is 0 Å². The van der Waals surface area contributed by atoms with Crippen molar-refractivity contribution in [1.82, 2.24) is 20.2 Å². The highest BCUT2D eigenvalue weighted by Gasteiger charge is 2.18. The summed E-state index contributed by atoms with van der Waals surface area (Å²) in [6.07, 6.45) is 4.10. The molecule has 0 bridgehead atoms. The molecule has 0 saturated carbocycles. The van der Waals surface area contributed by atoms with Gasteiger partial charge in [-0.2, -0.15) is 0 Å². The van der Waals surface area contributed by atoms with Gasteiger partial charge in [0.2, 0.25) is 0 Å². The molecule has 0 atom stereocenters. The van der Waals surface area contributed by atoms with Crippen molar-refractivity contribution < 1.29 is 4.79 Å². The Morgan fingerprint density at radius 2 is 2.28 bits per heavy atom. The molecule has 2 N–H and O–H groups in total. The van der Waals surface area contributed by atoms with Gasteiger partial charge in [-0.15, -0.1) is 5.10 Å². The molecule has 5 nitrogen and oxygen atoms in total. The molecule has 0 aliphatic carbocycles. The van der Waals surface area contributed by atoms with E-state index < -0.39 is 0 Å². The standard InChI is InChI=1S/C12H20N4OS/c1-2-3-10-11(18-16-15-10)12(17)14-8-9-4-6-13-7-5-9/h9,13H,2-8H2,1H3,(H,14,17). The summed E-state index contributed by atoms with van der Waals surface area (Å²) in [5.74, 6) is 0.595. The lowest BCUT2D eigenvalue weighted by molar-refractivity contribution is 0.0947. The van der Waals surface area contributed by atoms with Gasteiger partial charge in [-0.3, -0.25) is 4.79 Å². The second-order valence-corrected chi connectivity index (χ2v) is 5.46. The first-order valence-electron chi connectivity index (χ1n) is 6.61. The monoisotopic (exact) mass is 268 g/mol. The van der Waals surface area contributed by atoms with Crippen molar-refractivity contribution in [2.75, 3.05) is 19.6 Å². The summed E-state index contributed by atoms with van der Waals surface area (Å²) in [5, 5.41) is 10.4. The third-order valence-electron chi connectivity index (χ3n) is 3.26. The van der Waals surface area contributed by atoms with E-state index >= 15 is 0 Å². The number of hydrogen-bond donors (Lipinski definition) is 2. The molecule has 1 aliphatic heterocycles. The van der Waals surface area contributed by atoms with Crippen molar-refractivity contribution >= 4 is 17.4 Å². The number of carbonyl (C=O) groups is 1. The molecule has 100 valence electrons. The average Bonchev–Trinajstić information content (AvgIpc) is 2.86. The second-order valence-electron chi connectivity index (χ2n) is 4.70. The molecule has 1 amide bonds. The van der Waals surface area contributed by atoms with Crippen molar-refractivity contribution in [3.05, 3.63) is 10.6 Å². The average molecular weight is 268 g/mol. The molecule has 0 aromatic carbocycles. The van der Waals surface area contributed by atoms with Crippen LogP contribution in [0.15, 0.2) is 0 Å². The topological polar surface area (TPSA) is 66.9 Å². The van der Waals surface area contributed by atoms with Gasteiger partial charge in [-0.1, -0.05) is 17.8 Å². The second kappa shape index (κ2) is 6.80. The Kier molecular flexibility index (Phi) is 5.07. The molecule has 0 unspecified atom stereocenters. The zero-order chi connectivity index (χ0) is 12.8. The summed E-state index contributed by atoms with van der Waals surface area (Å²) < 4.78 is 3.88. The normalized spacial score (nSPS) is 16.7. The molecule has 1 saturated heterocycles. The first-order valence-corrected chi connectivity index (χ1v) is 7.38. The number of hydrogen-bond acceptors (Lipinski definition) is 5. The predicted molar refractivity (Wildman–Crippen MR) is 71.8 cm³/mol. The van der Waals surface area contributed by atoms with Gasteiger partial charge in [-0.25, -0.2) is 0 Å². The van der Waals surface area contributed by atoms with Crippen LogP contribution < -0.4 is 10.6 Å². The maximum absolute atomic E-state index is 12.0. The van der Waals surface area contributed by atoms with Crippen LogP contribution in [0.1, 0.15) is 41.6 Å². The van der Waals surface area contributed by atoms with E-state index in [1.807, 2.05) is 0 Å². The largest absolute Gasteiger partial charge is 0.351 e. The van der Waals surface area contributed by atoms with Crippen LogP contribution >= 0.6 is 11.5 Å². The number of aryl methyl sites for hydroxylation is 1. The highest BCUT2D eigenvalue weighted by molar-refractivity contribution is 7.08. The van der Waals surface area contributed by atoms with Crippen molar-refractivity contribution in [1.29, 1.82) is 0 Å². The molecule has 0 radical (unpaired) electrons. The smallest absolute Gasteiger partial charge is 0.264 e. The molecule has 1 aromatic rings. The van der Waals surface area contributed by atoms with Gasteiger partial charge in [0.25, 0.3) is 5.91 Å². The maximum atomic E-state index is 12.0. The minimum atomic E-state index is -0.00742. The van der Waals surface area contributed by atoms with E-state index in [1.165, 1.54) is 11.5 Å². The van der Waals surface area contributed by atoms with Gasteiger partial charge in [0, 0.05) is 6.54 Å². The van der Waals surface area contributed by atoms with Gasteiger partial charge < -0.3 is 10.6 Å². The summed E-state index contributed by atoms with van der Waals surface area (Å²) in [7, 11) is 0. The number of nitrogens with one attached hydrogen (secondary N) is 2. The number of amides is 1. The Labute approximate surface area is 112 Å². The summed E-state index contributed by atoms with van der Waals surface area (Å²) in [6.45, 7) is 4.97. The van der Waals surface area contributed by atoms with E-state index in [2.05, 4.69) is 27.1 Å². The molecular formula is C12H20N4OS. The number of aromatic nitrogens is 2. The lowest BCUT2D eigenvalue weighted by Gasteiger charge is -2.22. The van der Waals surface area contributed by atoms with Crippen LogP contribution in [0, 0.1) is 5.92 Å². The van der Waals surface area contributed by atoms with Gasteiger partial charge in [0.05, 0.1) is 5.69 Å². The number of rotatable bonds is 5. The van der Waals surface area contributed by atoms with Gasteiger partial charge in [0.15, 0.2) is 0 Å². The van der Waals surface area contributed by atoms with E-state index in [9.17, 15) is 4.79 Å². The van der Waals surface area contributed by atoms with Gasteiger partial charge >= 0.3 is 0 Å². The molecule has 2 rings (SSSR count). The third-order valence-corrected chi connectivity index (χ3v) is 4.03. The first-order chi connectivity index (χ1) is 8.81. The highest BCUT2D eigenvalue weighted by Crippen LogP contribution is 2.14. The zero-order valence-electron chi connectivity index (χ0n) is 10.7.